The average Bonchev–Trinajstić information content (AvgIpc) is 2.87. The van der Waals surface area contributed by atoms with Gasteiger partial charge in [0.2, 0.25) is 0 Å². The molecular weight excluding hydrogens is 452 g/mol. The SMILES string of the molecule is Cn1nc(-c2ccc(N3CCOCC3)c(NC(=O)c3ccc(Cl)cc3)c2)c2ccccc2c1=O. The van der Waals surface area contributed by atoms with Gasteiger partial charge in [0.25, 0.3) is 11.5 Å². The van der Waals surface area contributed by atoms with Crippen LogP contribution < -0.4 is 15.8 Å². The average molecular weight is 475 g/mol. The van der Waals surface area contributed by atoms with Crippen LogP contribution in [0.4, 0.5) is 11.4 Å². The summed E-state index contributed by atoms with van der Waals surface area (Å²) >= 11 is 5.98. The lowest BCUT2D eigenvalue weighted by Gasteiger charge is -2.31. The third kappa shape index (κ3) is 4.27. The number of hydrogen-bond donors (Lipinski definition) is 1. The van der Waals surface area contributed by atoms with Crippen LogP contribution in [0.25, 0.3) is 22.0 Å². The number of amides is 1. The molecule has 1 aliphatic heterocycles. The lowest BCUT2D eigenvalue weighted by molar-refractivity contribution is 0.102. The van der Waals surface area contributed by atoms with Crippen molar-refractivity contribution < 1.29 is 9.53 Å². The number of hydrogen-bond acceptors (Lipinski definition) is 5. The van der Waals surface area contributed by atoms with Crippen LogP contribution in [0.3, 0.4) is 0 Å². The van der Waals surface area contributed by atoms with Crippen molar-refractivity contribution in [1.29, 1.82) is 0 Å². The molecule has 1 amide bonds. The molecule has 1 aromatic heterocycles. The number of anilines is 2. The van der Waals surface area contributed by atoms with Gasteiger partial charge >= 0.3 is 0 Å². The van der Waals surface area contributed by atoms with Crippen LogP contribution in [-0.4, -0.2) is 42.0 Å². The number of aromatic nitrogens is 2. The van der Waals surface area contributed by atoms with E-state index in [-0.39, 0.29) is 11.5 Å². The summed E-state index contributed by atoms with van der Waals surface area (Å²) in [6.45, 7) is 2.70. The Balaban J connectivity index is 1.61. The molecule has 4 aromatic rings. The lowest BCUT2D eigenvalue weighted by atomic mass is 10.0. The van der Waals surface area contributed by atoms with E-state index >= 15 is 0 Å². The van der Waals surface area contributed by atoms with Crippen LogP contribution in [-0.2, 0) is 11.8 Å². The summed E-state index contributed by atoms with van der Waals surface area (Å²) < 4.78 is 6.85. The molecule has 1 fully saturated rings. The fraction of sp³-hybridized carbons (Fsp3) is 0.192. The van der Waals surface area contributed by atoms with E-state index in [4.69, 9.17) is 16.3 Å². The number of nitrogens with one attached hydrogen (secondary N) is 1. The normalized spacial score (nSPS) is 13.8. The van der Waals surface area contributed by atoms with Gasteiger partial charge in [-0.05, 0) is 42.5 Å². The monoisotopic (exact) mass is 474 g/mol. The fourth-order valence-electron chi connectivity index (χ4n) is 4.17. The summed E-state index contributed by atoms with van der Waals surface area (Å²) in [6.07, 6.45) is 0. The maximum Gasteiger partial charge on any atom is 0.274 e. The van der Waals surface area contributed by atoms with Gasteiger partial charge in [0, 0.05) is 41.7 Å². The Kier molecular flexibility index (Phi) is 6.04. The van der Waals surface area contributed by atoms with Crippen molar-refractivity contribution in [3.8, 4) is 11.3 Å². The number of aryl methyl sites for hydroxylation is 1. The molecule has 1 aliphatic rings. The second-order valence-electron chi connectivity index (χ2n) is 8.12. The molecule has 0 saturated carbocycles. The largest absolute Gasteiger partial charge is 0.378 e. The van der Waals surface area contributed by atoms with Crippen molar-refractivity contribution in [2.24, 2.45) is 7.05 Å². The highest BCUT2D eigenvalue weighted by Crippen LogP contribution is 2.34. The van der Waals surface area contributed by atoms with Gasteiger partial charge in [-0.25, -0.2) is 4.68 Å². The van der Waals surface area contributed by atoms with Crippen molar-refractivity contribution in [3.05, 3.63) is 87.7 Å². The van der Waals surface area contributed by atoms with Gasteiger partial charge in [0.05, 0.1) is 35.7 Å². The Morgan fingerprint density at radius 2 is 1.71 bits per heavy atom. The number of carbonyl (C=O) groups is 1. The zero-order chi connectivity index (χ0) is 23.7. The number of benzene rings is 3. The van der Waals surface area contributed by atoms with Crippen LogP contribution in [0.15, 0.2) is 71.5 Å². The quantitative estimate of drug-likeness (QED) is 0.476. The van der Waals surface area contributed by atoms with Crippen molar-refractivity contribution in [3.63, 3.8) is 0 Å². The van der Waals surface area contributed by atoms with Crippen molar-refractivity contribution in [1.82, 2.24) is 9.78 Å². The van der Waals surface area contributed by atoms with Gasteiger partial charge in [-0.15, -0.1) is 0 Å². The van der Waals surface area contributed by atoms with Crippen LogP contribution in [0.1, 0.15) is 10.4 Å². The van der Waals surface area contributed by atoms with Crippen LogP contribution >= 0.6 is 11.6 Å². The third-order valence-corrected chi connectivity index (χ3v) is 6.18. The molecule has 0 unspecified atom stereocenters. The predicted octanol–water partition coefficient (Wildman–Crippen LogP) is 4.34. The topological polar surface area (TPSA) is 76.5 Å². The first-order valence-corrected chi connectivity index (χ1v) is 11.4. The molecule has 0 aliphatic carbocycles. The number of halogens is 1. The van der Waals surface area contributed by atoms with E-state index in [1.807, 2.05) is 36.4 Å². The Morgan fingerprint density at radius 3 is 2.44 bits per heavy atom. The van der Waals surface area contributed by atoms with E-state index in [1.54, 1.807) is 37.4 Å². The molecule has 0 atom stereocenters. The minimum absolute atomic E-state index is 0.152. The lowest BCUT2D eigenvalue weighted by Crippen LogP contribution is -2.36. The van der Waals surface area contributed by atoms with Gasteiger partial charge in [-0.3, -0.25) is 9.59 Å². The maximum absolute atomic E-state index is 13.1. The smallest absolute Gasteiger partial charge is 0.274 e. The number of carbonyl (C=O) groups excluding carboxylic acids is 1. The van der Waals surface area contributed by atoms with E-state index in [0.717, 1.165) is 29.7 Å². The Hall–Kier alpha value is -3.68. The highest BCUT2D eigenvalue weighted by Gasteiger charge is 2.19. The van der Waals surface area contributed by atoms with Gasteiger partial charge in [0.1, 0.15) is 0 Å². The summed E-state index contributed by atoms with van der Waals surface area (Å²) in [7, 11) is 1.64. The molecular formula is C26H23ClN4O3. The molecule has 2 heterocycles. The molecule has 1 saturated heterocycles. The molecule has 172 valence electrons. The zero-order valence-electron chi connectivity index (χ0n) is 18.6. The molecule has 0 radical (unpaired) electrons. The van der Waals surface area contributed by atoms with Gasteiger partial charge in [0.15, 0.2) is 0 Å². The Bertz CT molecular complexity index is 1430. The van der Waals surface area contributed by atoms with E-state index in [2.05, 4.69) is 15.3 Å². The number of rotatable bonds is 4. The summed E-state index contributed by atoms with van der Waals surface area (Å²) in [5, 5.41) is 9.54. The maximum atomic E-state index is 13.1. The summed E-state index contributed by atoms with van der Waals surface area (Å²) in [5.74, 6) is -0.235. The molecule has 34 heavy (non-hydrogen) atoms. The first-order chi connectivity index (χ1) is 16.5. The summed E-state index contributed by atoms with van der Waals surface area (Å²) in [4.78, 5) is 27.8. The predicted molar refractivity (Wildman–Crippen MR) is 135 cm³/mol. The number of ether oxygens (including phenoxy) is 1. The summed E-state index contributed by atoms with van der Waals surface area (Å²) in [5.41, 5.74) is 3.40. The standard InChI is InChI=1S/C26H23ClN4O3/c1-30-26(33)21-5-3-2-4-20(21)24(29-30)18-8-11-23(31-12-14-34-15-13-31)22(16-18)28-25(32)17-6-9-19(27)10-7-17/h2-11,16H,12-15H2,1H3,(H,28,32). The van der Waals surface area contributed by atoms with E-state index in [0.29, 0.717) is 40.6 Å². The van der Waals surface area contributed by atoms with E-state index in [9.17, 15) is 9.59 Å². The van der Waals surface area contributed by atoms with Crippen molar-refractivity contribution in [2.45, 2.75) is 0 Å². The Labute approximate surface area is 201 Å². The molecule has 1 N–H and O–H groups in total. The van der Waals surface area contributed by atoms with Crippen LogP contribution in [0, 0.1) is 0 Å². The molecule has 0 spiro atoms. The molecule has 0 bridgehead atoms. The van der Waals surface area contributed by atoms with Gasteiger partial charge in [-0.2, -0.15) is 5.10 Å². The minimum atomic E-state index is -0.235. The second-order valence-corrected chi connectivity index (χ2v) is 8.55. The molecule has 3 aromatic carbocycles. The third-order valence-electron chi connectivity index (χ3n) is 5.93. The number of nitrogens with zero attached hydrogens (tertiary/aromatic N) is 3. The number of fused-ring (bicyclic) bond motifs is 1. The Morgan fingerprint density at radius 1 is 1.00 bits per heavy atom. The van der Waals surface area contributed by atoms with Crippen molar-refractivity contribution in [2.75, 3.05) is 36.5 Å². The first kappa shape index (κ1) is 22.1. The second kappa shape index (κ2) is 9.29. The van der Waals surface area contributed by atoms with E-state index in [1.165, 1.54) is 4.68 Å². The molecule has 7 nitrogen and oxygen atoms in total. The van der Waals surface area contributed by atoms with Crippen molar-refractivity contribution >= 4 is 39.7 Å². The summed E-state index contributed by atoms with van der Waals surface area (Å²) in [6, 6.07) is 20.1. The fourth-order valence-corrected chi connectivity index (χ4v) is 4.30. The zero-order valence-corrected chi connectivity index (χ0v) is 19.4. The van der Waals surface area contributed by atoms with Gasteiger partial charge < -0.3 is 15.0 Å². The number of morpholine rings is 1. The van der Waals surface area contributed by atoms with Crippen LogP contribution in [0.5, 0.6) is 0 Å². The van der Waals surface area contributed by atoms with Gasteiger partial charge in [-0.1, -0.05) is 35.9 Å². The first-order valence-electron chi connectivity index (χ1n) is 11.0. The highest BCUT2D eigenvalue weighted by molar-refractivity contribution is 6.30. The molecule has 5 rings (SSSR count). The molecule has 8 heteroatoms. The van der Waals surface area contributed by atoms with Crippen LogP contribution in [0.2, 0.25) is 5.02 Å². The van der Waals surface area contributed by atoms with E-state index < -0.39 is 0 Å². The highest BCUT2D eigenvalue weighted by atomic mass is 35.5. The minimum Gasteiger partial charge on any atom is -0.378 e.